The second-order valence-corrected chi connectivity index (χ2v) is 7.22. The standard InChI is InChI=1S/C21H20FN3O3S/c1-14-11-17(28-13-15-3-2-4-16(22)12-15)5-6-18(14)24-19(26)7-8-20(27)25-21-23-9-10-29-21/h2-6,9-12H,7-8,13H2,1H3,(H,24,26)(H,23,25,27). The second kappa shape index (κ2) is 9.79. The van der Waals surface area contributed by atoms with Gasteiger partial charge in [-0.05, 0) is 48.4 Å². The predicted octanol–water partition coefficient (Wildman–Crippen LogP) is 4.53. The van der Waals surface area contributed by atoms with Crippen molar-refractivity contribution >= 4 is 34.0 Å². The van der Waals surface area contributed by atoms with E-state index in [1.165, 1.54) is 23.5 Å². The first-order valence-electron chi connectivity index (χ1n) is 8.97. The minimum absolute atomic E-state index is 0.0640. The van der Waals surface area contributed by atoms with E-state index in [0.29, 0.717) is 16.6 Å². The van der Waals surface area contributed by atoms with Crippen molar-refractivity contribution in [2.45, 2.75) is 26.4 Å². The highest BCUT2D eigenvalue weighted by molar-refractivity contribution is 7.13. The van der Waals surface area contributed by atoms with Crippen LogP contribution >= 0.6 is 11.3 Å². The van der Waals surface area contributed by atoms with Crippen molar-refractivity contribution in [3.8, 4) is 5.75 Å². The molecule has 0 aliphatic carbocycles. The molecule has 2 aromatic carbocycles. The van der Waals surface area contributed by atoms with Gasteiger partial charge in [-0.15, -0.1) is 11.3 Å². The van der Waals surface area contributed by atoms with Gasteiger partial charge in [0.05, 0.1) is 0 Å². The molecule has 0 bridgehead atoms. The summed E-state index contributed by atoms with van der Waals surface area (Å²) in [5, 5.41) is 7.71. The Morgan fingerprint density at radius 1 is 1.10 bits per heavy atom. The maximum absolute atomic E-state index is 13.2. The quantitative estimate of drug-likeness (QED) is 0.569. The Labute approximate surface area is 171 Å². The summed E-state index contributed by atoms with van der Waals surface area (Å²) >= 11 is 1.32. The molecular weight excluding hydrogens is 393 g/mol. The maximum Gasteiger partial charge on any atom is 0.226 e. The number of ether oxygens (including phenoxy) is 1. The third-order valence-corrected chi connectivity index (χ3v) is 4.71. The van der Waals surface area contributed by atoms with Crippen LogP contribution in [-0.4, -0.2) is 16.8 Å². The fourth-order valence-electron chi connectivity index (χ4n) is 2.57. The van der Waals surface area contributed by atoms with Gasteiger partial charge in [-0.25, -0.2) is 9.37 Å². The Bertz CT molecular complexity index is 993. The lowest BCUT2D eigenvalue weighted by molar-refractivity contribution is -0.121. The topological polar surface area (TPSA) is 80.3 Å². The van der Waals surface area contributed by atoms with Crippen molar-refractivity contribution in [1.29, 1.82) is 0 Å². The molecule has 1 aromatic heterocycles. The summed E-state index contributed by atoms with van der Waals surface area (Å²) in [7, 11) is 0. The molecule has 3 aromatic rings. The van der Waals surface area contributed by atoms with Crippen molar-refractivity contribution in [1.82, 2.24) is 4.98 Å². The Balaban J connectivity index is 1.48. The molecule has 2 N–H and O–H groups in total. The monoisotopic (exact) mass is 413 g/mol. The molecule has 1 heterocycles. The molecule has 2 amide bonds. The minimum Gasteiger partial charge on any atom is -0.489 e. The maximum atomic E-state index is 13.2. The van der Waals surface area contributed by atoms with Gasteiger partial charge in [0.25, 0.3) is 0 Å². The van der Waals surface area contributed by atoms with E-state index < -0.39 is 0 Å². The number of hydrogen-bond acceptors (Lipinski definition) is 5. The van der Waals surface area contributed by atoms with E-state index in [1.807, 2.05) is 6.92 Å². The van der Waals surface area contributed by atoms with Crippen LogP contribution in [0, 0.1) is 12.7 Å². The number of aryl methyl sites for hydroxylation is 1. The Hall–Kier alpha value is -3.26. The number of nitrogens with one attached hydrogen (secondary N) is 2. The average molecular weight is 413 g/mol. The normalized spacial score (nSPS) is 10.4. The van der Waals surface area contributed by atoms with E-state index in [4.69, 9.17) is 4.74 Å². The molecule has 6 nitrogen and oxygen atoms in total. The van der Waals surface area contributed by atoms with Gasteiger partial charge < -0.3 is 15.4 Å². The number of thiazole rings is 1. The number of carbonyl (C=O) groups excluding carboxylic acids is 2. The zero-order valence-corrected chi connectivity index (χ0v) is 16.6. The second-order valence-electron chi connectivity index (χ2n) is 6.33. The van der Waals surface area contributed by atoms with E-state index >= 15 is 0 Å². The molecule has 3 rings (SSSR count). The lowest BCUT2D eigenvalue weighted by Gasteiger charge is -2.11. The number of benzene rings is 2. The van der Waals surface area contributed by atoms with E-state index in [-0.39, 0.29) is 37.1 Å². The third kappa shape index (κ3) is 6.39. The molecule has 0 saturated carbocycles. The first-order valence-corrected chi connectivity index (χ1v) is 9.84. The SMILES string of the molecule is Cc1cc(OCc2cccc(F)c2)ccc1NC(=O)CCC(=O)Nc1nccs1. The summed E-state index contributed by atoms with van der Waals surface area (Å²) < 4.78 is 18.9. The summed E-state index contributed by atoms with van der Waals surface area (Å²) in [6.07, 6.45) is 1.73. The predicted molar refractivity (Wildman–Crippen MR) is 111 cm³/mol. The third-order valence-electron chi connectivity index (χ3n) is 4.02. The van der Waals surface area contributed by atoms with Crippen LogP contribution in [0.3, 0.4) is 0 Å². The minimum atomic E-state index is -0.305. The number of rotatable bonds is 8. The lowest BCUT2D eigenvalue weighted by Crippen LogP contribution is -2.17. The van der Waals surface area contributed by atoms with Crippen molar-refractivity contribution in [3.05, 3.63) is 71.0 Å². The van der Waals surface area contributed by atoms with E-state index in [1.54, 1.807) is 41.9 Å². The van der Waals surface area contributed by atoms with Gasteiger partial charge in [-0.2, -0.15) is 0 Å². The van der Waals surface area contributed by atoms with Crippen LogP contribution in [0.1, 0.15) is 24.0 Å². The summed E-state index contributed by atoms with van der Waals surface area (Å²) in [6.45, 7) is 2.09. The summed E-state index contributed by atoms with van der Waals surface area (Å²) in [4.78, 5) is 27.9. The molecule has 0 fully saturated rings. The van der Waals surface area contributed by atoms with Gasteiger partial charge in [0.2, 0.25) is 11.8 Å². The molecule has 0 atom stereocenters. The zero-order chi connectivity index (χ0) is 20.6. The summed E-state index contributed by atoms with van der Waals surface area (Å²) in [6, 6.07) is 11.5. The van der Waals surface area contributed by atoms with Crippen LogP contribution in [0.15, 0.2) is 54.0 Å². The molecule has 150 valence electrons. The van der Waals surface area contributed by atoms with Gasteiger partial charge in [0.15, 0.2) is 5.13 Å². The molecule has 0 unspecified atom stereocenters. The average Bonchev–Trinajstić information content (AvgIpc) is 3.20. The van der Waals surface area contributed by atoms with Crippen LogP contribution in [-0.2, 0) is 16.2 Å². The molecule has 8 heteroatoms. The zero-order valence-electron chi connectivity index (χ0n) is 15.8. The van der Waals surface area contributed by atoms with Crippen LogP contribution in [0.2, 0.25) is 0 Å². The van der Waals surface area contributed by atoms with Crippen molar-refractivity contribution in [3.63, 3.8) is 0 Å². The van der Waals surface area contributed by atoms with Crippen LogP contribution in [0.25, 0.3) is 0 Å². The molecular formula is C21H20FN3O3S. The first-order chi connectivity index (χ1) is 14.0. The van der Waals surface area contributed by atoms with Crippen molar-refractivity contribution < 1.29 is 18.7 Å². The van der Waals surface area contributed by atoms with Gasteiger partial charge in [0.1, 0.15) is 18.2 Å². The number of halogens is 1. The molecule has 0 saturated heterocycles. The van der Waals surface area contributed by atoms with Crippen LogP contribution in [0.5, 0.6) is 5.75 Å². The summed E-state index contributed by atoms with van der Waals surface area (Å²) in [5.74, 6) is -0.197. The Morgan fingerprint density at radius 3 is 2.59 bits per heavy atom. The van der Waals surface area contributed by atoms with Gasteiger partial charge in [-0.3, -0.25) is 9.59 Å². The van der Waals surface area contributed by atoms with Gasteiger partial charge >= 0.3 is 0 Å². The molecule has 29 heavy (non-hydrogen) atoms. The highest BCUT2D eigenvalue weighted by atomic mass is 32.1. The van der Waals surface area contributed by atoms with Gasteiger partial charge in [-0.1, -0.05) is 12.1 Å². The molecule has 0 radical (unpaired) electrons. The number of carbonyl (C=O) groups is 2. The van der Waals surface area contributed by atoms with Crippen molar-refractivity contribution in [2.75, 3.05) is 10.6 Å². The molecule has 0 spiro atoms. The van der Waals surface area contributed by atoms with E-state index in [9.17, 15) is 14.0 Å². The smallest absolute Gasteiger partial charge is 0.226 e. The number of amides is 2. The Kier molecular flexibility index (Phi) is 6.91. The summed E-state index contributed by atoms with van der Waals surface area (Å²) in [5.41, 5.74) is 2.20. The number of aromatic nitrogens is 1. The number of hydrogen-bond donors (Lipinski definition) is 2. The fourth-order valence-corrected chi connectivity index (χ4v) is 3.11. The first kappa shape index (κ1) is 20.5. The largest absolute Gasteiger partial charge is 0.489 e. The van der Waals surface area contributed by atoms with Crippen molar-refractivity contribution in [2.24, 2.45) is 0 Å². The van der Waals surface area contributed by atoms with Crippen LogP contribution in [0.4, 0.5) is 15.2 Å². The highest BCUT2D eigenvalue weighted by Crippen LogP contribution is 2.22. The lowest BCUT2D eigenvalue weighted by atomic mass is 10.1. The van der Waals surface area contributed by atoms with Gasteiger partial charge in [0, 0.05) is 30.1 Å². The van der Waals surface area contributed by atoms with E-state index in [2.05, 4.69) is 15.6 Å². The highest BCUT2D eigenvalue weighted by Gasteiger charge is 2.10. The number of anilines is 2. The molecule has 0 aliphatic rings. The molecule has 0 aliphatic heterocycles. The number of nitrogens with zero attached hydrogens (tertiary/aromatic N) is 1. The Morgan fingerprint density at radius 2 is 1.90 bits per heavy atom. The van der Waals surface area contributed by atoms with Crippen LogP contribution < -0.4 is 15.4 Å². The fraction of sp³-hybridized carbons (Fsp3) is 0.190. The van der Waals surface area contributed by atoms with E-state index in [0.717, 1.165) is 11.1 Å².